The molecule has 144 valence electrons. The third-order valence-corrected chi connectivity index (χ3v) is 5.75. The van der Waals surface area contributed by atoms with Gasteiger partial charge in [-0.15, -0.1) is 0 Å². The summed E-state index contributed by atoms with van der Waals surface area (Å²) in [6.45, 7) is 0. The third kappa shape index (κ3) is 4.88. The Labute approximate surface area is 165 Å². The molecule has 5 heteroatoms. The normalized spacial score (nSPS) is 21.1. The molecule has 1 saturated carbocycles. The highest BCUT2D eigenvalue weighted by molar-refractivity contribution is 6.33. The standard InChI is InChI=1S/C22H26ClFN2O/c1-26(2)21(16-6-5-7-17(24)14-16)15-10-12-18(13-11-15)25-22(27)19-8-3-4-9-20(19)23/h3-9,14-15,18,21H,10-13H2,1-2H3,(H,25,27). The van der Waals surface area contributed by atoms with Crippen LogP contribution in [-0.4, -0.2) is 30.9 Å². The number of hydrogen-bond donors (Lipinski definition) is 1. The van der Waals surface area contributed by atoms with Gasteiger partial charge in [0.1, 0.15) is 5.82 Å². The number of carbonyl (C=O) groups is 1. The summed E-state index contributed by atoms with van der Waals surface area (Å²) in [6, 6.07) is 14.3. The summed E-state index contributed by atoms with van der Waals surface area (Å²) < 4.78 is 13.7. The van der Waals surface area contributed by atoms with E-state index in [1.54, 1.807) is 24.3 Å². The van der Waals surface area contributed by atoms with Gasteiger partial charge in [-0.25, -0.2) is 4.39 Å². The first-order valence-electron chi connectivity index (χ1n) is 9.43. The maximum atomic E-state index is 13.7. The van der Waals surface area contributed by atoms with E-state index in [0.717, 1.165) is 31.2 Å². The molecule has 3 nitrogen and oxygen atoms in total. The Morgan fingerprint density at radius 1 is 1.11 bits per heavy atom. The van der Waals surface area contributed by atoms with E-state index in [4.69, 9.17) is 11.6 Å². The number of amides is 1. The Morgan fingerprint density at radius 3 is 2.44 bits per heavy atom. The highest BCUT2D eigenvalue weighted by atomic mass is 35.5. The first-order valence-corrected chi connectivity index (χ1v) is 9.81. The lowest BCUT2D eigenvalue weighted by atomic mass is 9.78. The molecule has 2 aromatic rings. The second kappa shape index (κ2) is 8.85. The van der Waals surface area contributed by atoms with Crippen molar-refractivity contribution < 1.29 is 9.18 Å². The number of hydrogen-bond acceptors (Lipinski definition) is 2. The van der Waals surface area contributed by atoms with Crippen molar-refractivity contribution in [3.8, 4) is 0 Å². The van der Waals surface area contributed by atoms with E-state index in [-0.39, 0.29) is 23.8 Å². The highest BCUT2D eigenvalue weighted by Gasteiger charge is 2.31. The van der Waals surface area contributed by atoms with Gasteiger partial charge in [-0.1, -0.05) is 35.9 Å². The van der Waals surface area contributed by atoms with Crippen molar-refractivity contribution in [1.82, 2.24) is 10.2 Å². The molecule has 0 heterocycles. The SMILES string of the molecule is CN(C)C(c1cccc(F)c1)C1CCC(NC(=O)c2ccccc2Cl)CC1. The van der Waals surface area contributed by atoms with Crippen molar-refractivity contribution >= 4 is 17.5 Å². The Morgan fingerprint density at radius 2 is 1.81 bits per heavy atom. The van der Waals surface area contributed by atoms with Gasteiger partial charge in [0.15, 0.2) is 0 Å². The van der Waals surface area contributed by atoms with E-state index in [1.165, 1.54) is 6.07 Å². The summed E-state index contributed by atoms with van der Waals surface area (Å²) in [7, 11) is 4.08. The lowest BCUT2D eigenvalue weighted by Gasteiger charge is -2.37. The molecule has 1 aliphatic carbocycles. The van der Waals surface area contributed by atoms with Crippen LogP contribution in [0.2, 0.25) is 5.02 Å². The van der Waals surface area contributed by atoms with E-state index in [2.05, 4.69) is 10.2 Å². The summed E-state index contributed by atoms with van der Waals surface area (Å²) >= 11 is 6.12. The molecule has 27 heavy (non-hydrogen) atoms. The molecular weight excluding hydrogens is 363 g/mol. The molecule has 0 spiro atoms. The summed E-state index contributed by atoms with van der Waals surface area (Å²) in [5.41, 5.74) is 1.54. The van der Waals surface area contributed by atoms with Crippen LogP contribution in [0.5, 0.6) is 0 Å². The molecule has 0 saturated heterocycles. The number of nitrogens with zero attached hydrogens (tertiary/aromatic N) is 1. The summed E-state index contributed by atoms with van der Waals surface area (Å²) in [6.07, 6.45) is 3.82. The van der Waals surface area contributed by atoms with Crippen LogP contribution < -0.4 is 5.32 Å². The number of rotatable bonds is 5. The van der Waals surface area contributed by atoms with E-state index in [0.29, 0.717) is 16.5 Å². The molecule has 1 N–H and O–H groups in total. The van der Waals surface area contributed by atoms with Crippen LogP contribution >= 0.6 is 11.6 Å². The van der Waals surface area contributed by atoms with Gasteiger partial charge >= 0.3 is 0 Å². The van der Waals surface area contributed by atoms with Crippen molar-refractivity contribution in [3.63, 3.8) is 0 Å². The maximum absolute atomic E-state index is 13.7. The predicted molar refractivity (Wildman–Crippen MR) is 107 cm³/mol. The minimum Gasteiger partial charge on any atom is -0.349 e. The zero-order valence-electron chi connectivity index (χ0n) is 15.8. The van der Waals surface area contributed by atoms with Gasteiger partial charge in [0.25, 0.3) is 5.91 Å². The van der Waals surface area contributed by atoms with Gasteiger partial charge in [0.05, 0.1) is 10.6 Å². The highest BCUT2D eigenvalue weighted by Crippen LogP contribution is 2.37. The molecule has 3 rings (SSSR count). The average molecular weight is 389 g/mol. The van der Waals surface area contributed by atoms with E-state index in [1.807, 2.05) is 32.3 Å². The molecule has 1 atom stereocenters. The van der Waals surface area contributed by atoms with Gasteiger partial charge in [-0.3, -0.25) is 4.79 Å². The second-order valence-electron chi connectivity index (χ2n) is 7.53. The second-order valence-corrected chi connectivity index (χ2v) is 7.94. The number of halogens is 2. The summed E-state index contributed by atoms with van der Waals surface area (Å²) in [5, 5.41) is 3.59. The van der Waals surface area contributed by atoms with Gasteiger partial charge in [-0.2, -0.15) is 0 Å². The Hall–Kier alpha value is -1.91. The van der Waals surface area contributed by atoms with Crippen LogP contribution in [0.3, 0.4) is 0 Å². The van der Waals surface area contributed by atoms with E-state index >= 15 is 0 Å². The van der Waals surface area contributed by atoms with Gasteiger partial charge in [0.2, 0.25) is 0 Å². The predicted octanol–water partition coefficient (Wildman–Crippen LogP) is 5.07. The molecule has 2 aromatic carbocycles. The molecule has 0 aromatic heterocycles. The molecule has 1 fully saturated rings. The van der Waals surface area contributed by atoms with Crippen molar-refractivity contribution in [3.05, 3.63) is 70.5 Å². The Kier molecular flexibility index (Phi) is 6.51. The summed E-state index contributed by atoms with van der Waals surface area (Å²) in [4.78, 5) is 14.6. The fourth-order valence-electron chi connectivity index (χ4n) is 4.17. The van der Waals surface area contributed by atoms with Crippen molar-refractivity contribution in [2.24, 2.45) is 5.92 Å². The van der Waals surface area contributed by atoms with Crippen LogP contribution in [-0.2, 0) is 0 Å². The Balaban J connectivity index is 1.62. The molecule has 1 aliphatic rings. The van der Waals surface area contributed by atoms with Gasteiger partial charge in [0, 0.05) is 12.1 Å². The van der Waals surface area contributed by atoms with Gasteiger partial charge < -0.3 is 10.2 Å². The monoisotopic (exact) mass is 388 g/mol. The zero-order valence-corrected chi connectivity index (χ0v) is 16.5. The number of carbonyl (C=O) groups excluding carboxylic acids is 1. The van der Waals surface area contributed by atoms with Crippen LogP contribution in [0.25, 0.3) is 0 Å². The molecular formula is C22H26ClFN2O. The average Bonchev–Trinajstić information content (AvgIpc) is 2.63. The minimum absolute atomic E-state index is 0.113. The van der Waals surface area contributed by atoms with Gasteiger partial charge in [-0.05, 0) is 75.5 Å². The Bertz CT molecular complexity index is 787. The fraction of sp³-hybridized carbons (Fsp3) is 0.409. The fourth-order valence-corrected chi connectivity index (χ4v) is 4.39. The molecule has 0 bridgehead atoms. The number of benzene rings is 2. The minimum atomic E-state index is -0.194. The first-order chi connectivity index (χ1) is 13.0. The molecule has 0 radical (unpaired) electrons. The zero-order chi connectivity index (χ0) is 19.4. The van der Waals surface area contributed by atoms with Crippen LogP contribution in [0.1, 0.15) is 47.6 Å². The van der Waals surface area contributed by atoms with Crippen molar-refractivity contribution in [2.45, 2.75) is 37.8 Å². The smallest absolute Gasteiger partial charge is 0.253 e. The summed E-state index contributed by atoms with van der Waals surface area (Å²) in [5.74, 6) is 0.133. The van der Waals surface area contributed by atoms with Crippen LogP contribution in [0, 0.1) is 11.7 Å². The molecule has 1 amide bonds. The van der Waals surface area contributed by atoms with Crippen LogP contribution in [0.4, 0.5) is 4.39 Å². The maximum Gasteiger partial charge on any atom is 0.253 e. The van der Waals surface area contributed by atoms with Crippen molar-refractivity contribution in [2.75, 3.05) is 14.1 Å². The number of nitrogens with one attached hydrogen (secondary N) is 1. The lowest BCUT2D eigenvalue weighted by Crippen LogP contribution is -2.40. The van der Waals surface area contributed by atoms with Crippen molar-refractivity contribution in [1.29, 1.82) is 0 Å². The molecule has 0 aliphatic heterocycles. The quantitative estimate of drug-likeness (QED) is 0.775. The van der Waals surface area contributed by atoms with Crippen LogP contribution in [0.15, 0.2) is 48.5 Å². The topological polar surface area (TPSA) is 32.3 Å². The molecule has 1 unspecified atom stereocenters. The van der Waals surface area contributed by atoms with E-state index < -0.39 is 0 Å². The third-order valence-electron chi connectivity index (χ3n) is 5.42. The first kappa shape index (κ1) is 19.8. The van der Waals surface area contributed by atoms with E-state index in [9.17, 15) is 9.18 Å². The largest absolute Gasteiger partial charge is 0.349 e. The lowest BCUT2D eigenvalue weighted by molar-refractivity contribution is 0.0907.